The molecule has 5 nitrogen and oxygen atoms in total. The SMILES string of the molecule is O=C(NCCCN1CCOCC1)c1ccc(CSc2ccc3ccccc3n2)cc1. The lowest BCUT2D eigenvalue weighted by atomic mass is 10.1. The average Bonchev–Trinajstić information content (AvgIpc) is 2.81. The van der Waals surface area contributed by atoms with Crippen LogP contribution in [0.4, 0.5) is 0 Å². The fraction of sp³-hybridized carbons (Fsp3) is 0.333. The second-order valence-corrected chi connectivity index (χ2v) is 8.39. The van der Waals surface area contributed by atoms with Gasteiger partial charge in [-0.3, -0.25) is 9.69 Å². The van der Waals surface area contributed by atoms with E-state index in [0.29, 0.717) is 12.1 Å². The summed E-state index contributed by atoms with van der Waals surface area (Å²) in [6.07, 6.45) is 0.958. The summed E-state index contributed by atoms with van der Waals surface area (Å²) in [5.74, 6) is 0.819. The molecule has 0 bridgehead atoms. The van der Waals surface area contributed by atoms with Crippen LogP contribution in [-0.4, -0.2) is 55.2 Å². The van der Waals surface area contributed by atoms with Crippen LogP contribution >= 0.6 is 11.8 Å². The molecule has 0 saturated carbocycles. The largest absolute Gasteiger partial charge is 0.379 e. The molecule has 1 amide bonds. The molecule has 1 aliphatic heterocycles. The van der Waals surface area contributed by atoms with Crippen LogP contribution in [-0.2, 0) is 10.5 Å². The number of carbonyl (C=O) groups is 1. The molecule has 4 rings (SSSR count). The minimum absolute atomic E-state index is 0.00706. The summed E-state index contributed by atoms with van der Waals surface area (Å²) in [5, 5.41) is 5.19. The van der Waals surface area contributed by atoms with E-state index < -0.39 is 0 Å². The maximum atomic E-state index is 12.4. The number of nitrogens with zero attached hydrogens (tertiary/aromatic N) is 2. The number of fused-ring (bicyclic) bond motifs is 1. The number of hydrogen-bond donors (Lipinski definition) is 1. The van der Waals surface area contributed by atoms with E-state index in [1.807, 2.05) is 42.5 Å². The average molecular weight is 422 g/mol. The van der Waals surface area contributed by atoms with Gasteiger partial charge in [-0.1, -0.05) is 36.4 Å². The third-order valence-electron chi connectivity index (χ3n) is 5.22. The third-order valence-corrected chi connectivity index (χ3v) is 6.22. The fourth-order valence-electron chi connectivity index (χ4n) is 3.47. The zero-order chi connectivity index (χ0) is 20.6. The van der Waals surface area contributed by atoms with E-state index in [-0.39, 0.29) is 5.91 Å². The summed E-state index contributed by atoms with van der Waals surface area (Å²) < 4.78 is 5.35. The van der Waals surface area contributed by atoms with Crippen LogP contribution in [0.25, 0.3) is 10.9 Å². The Labute approximate surface area is 181 Å². The van der Waals surface area contributed by atoms with Gasteiger partial charge in [-0.2, -0.15) is 0 Å². The van der Waals surface area contributed by atoms with Crippen LogP contribution in [0.1, 0.15) is 22.3 Å². The van der Waals surface area contributed by atoms with Crippen molar-refractivity contribution in [3.05, 3.63) is 71.8 Å². The van der Waals surface area contributed by atoms with Gasteiger partial charge in [-0.15, -0.1) is 11.8 Å². The maximum absolute atomic E-state index is 12.4. The number of rotatable bonds is 8. The Kier molecular flexibility index (Phi) is 7.34. The molecule has 3 aromatic rings. The van der Waals surface area contributed by atoms with Crippen molar-refractivity contribution in [1.82, 2.24) is 15.2 Å². The van der Waals surface area contributed by atoms with Crippen LogP contribution in [0.2, 0.25) is 0 Å². The van der Waals surface area contributed by atoms with Crippen molar-refractivity contribution in [2.75, 3.05) is 39.4 Å². The van der Waals surface area contributed by atoms with E-state index in [9.17, 15) is 4.79 Å². The van der Waals surface area contributed by atoms with Gasteiger partial charge in [0.15, 0.2) is 0 Å². The van der Waals surface area contributed by atoms with Gasteiger partial charge >= 0.3 is 0 Å². The van der Waals surface area contributed by atoms with Crippen LogP contribution in [0.15, 0.2) is 65.7 Å². The van der Waals surface area contributed by atoms with Gasteiger partial charge in [-0.25, -0.2) is 4.98 Å². The number of benzene rings is 2. The van der Waals surface area contributed by atoms with Crippen LogP contribution < -0.4 is 5.32 Å². The quantitative estimate of drug-likeness (QED) is 0.440. The third kappa shape index (κ3) is 5.81. The highest BCUT2D eigenvalue weighted by Gasteiger charge is 2.10. The van der Waals surface area contributed by atoms with Gasteiger partial charge in [0.1, 0.15) is 0 Å². The molecule has 6 heteroatoms. The summed E-state index contributed by atoms with van der Waals surface area (Å²) in [4.78, 5) is 19.4. The number of morpholine rings is 1. The van der Waals surface area contributed by atoms with Gasteiger partial charge in [0, 0.05) is 36.3 Å². The number of hydrogen-bond acceptors (Lipinski definition) is 5. The van der Waals surface area contributed by atoms with Crippen LogP contribution in [0.3, 0.4) is 0 Å². The predicted molar refractivity (Wildman–Crippen MR) is 122 cm³/mol. The van der Waals surface area contributed by atoms with E-state index in [2.05, 4.69) is 28.4 Å². The number of para-hydroxylation sites is 1. The van der Waals surface area contributed by atoms with Crippen molar-refractivity contribution in [2.24, 2.45) is 0 Å². The molecule has 2 heterocycles. The molecule has 0 unspecified atom stereocenters. The zero-order valence-corrected chi connectivity index (χ0v) is 17.9. The molecule has 0 atom stereocenters. The minimum atomic E-state index is -0.00706. The number of aromatic nitrogens is 1. The second kappa shape index (κ2) is 10.6. The van der Waals surface area contributed by atoms with Crippen LogP contribution in [0, 0.1) is 0 Å². The van der Waals surface area contributed by atoms with Gasteiger partial charge in [0.2, 0.25) is 0 Å². The highest BCUT2D eigenvalue weighted by atomic mass is 32.2. The molecule has 30 heavy (non-hydrogen) atoms. The maximum Gasteiger partial charge on any atom is 0.251 e. The number of amides is 1. The molecule has 0 spiro atoms. The Morgan fingerprint density at radius 2 is 1.83 bits per heavy atom. The first-order valence-electron chi connectivity index (χ1n) is 10.4. The minimum Gasteiger partial charge on any atom is -0.379 e. The Bertz CT molecular complexity index is 972. The number of pyridine rings is 1. The molecule has 0 aliphatic carbocycles. The zero-order valence-electron chi connectivity index (χ0n) is 17.0. The summed E-state index contributed by atoms with van der Waals surface area (Å²) in [5.41, 5.74) is 2.90. The lowest BCUT2D eigenvalue weighted by Gasteiger charge is -2.26. The Morgan fingerprint density at radius 1 is 1.03 bits per heavy atom. The first-order valence-corrected chi connectivity index (χ1v) is 11.4. The van der Waals surface area contributed by atoms with Crippen molar-refractivity contribution in [2.45, 2.75) is 17.2 Å². The first kappa shape index (κ1) is 20.8. The normalized spacial score (nSPS) is 14.7. The van der Waals surface area contributed by atoms with Gasteiger partial charge in [0.25, 0.3) is 5.91 Å². The predicted octanol–water partition coefficient (Wildman–Crippen LogP) is 3.98. The van der Waals surface area contributed by atoms with Crippen molar-refractivity contribution >= 4 is 28.6 Å². The smallest absolute Gasteiger partial charge is 0.251 e. The molecule has 1 aliphatic rings. The number of thioether (sulfide) groups is 1. The Hall–Kier alpha value is -2.41. The van der Waals surface area contributed by atoms with Gasteiger partial charge < -0.3 is 10.1 Å². The Balaban J connectivity index is 1.22. The lowest BCUT2D eigenvalue weighted by Crippen LogP contribution is -2.38. The number of carbonyl (C=O) groups excluding carboxylic acids is 1. The van der Waals surface area contributed by atoms with Crippen LogP contribution in [0.5, 0.6) is 0 Å². The summed E-state index contributed by atoms with van der Waals surface area (Å²) >= 11 is 1.71. The van der Waals surface area contributed by atoms with Crippen molar-refractivity contribution in [1.29, 1.82) is 0 Å². The van der Waals surface area contributed by atoms with Crippen molar-refractivity contribution in [3.63, 3.8) is 0 Å². The number of ether oxygens (including phenoxy) is 1. The Morgan fingerprint density at radius 3 is 2.67 bits per heavy atom. The van der Waals surface area contributed by atoms with Gasteiger partial charge in [0.05, 0.1) is 23.8 Å². The van der Waals surface area contributed by atoms with Crippen molar-refractivity contribution in [3.8, 4) is 0 Å². The molecule has 156 valence electrons. The first-order chi connectivity index (χ1) is 14.8. The molecule has 1 saturated heterocycles. The monoisotopic (exact) mass is 421 g/mol. The highest BCUT2D eigenvalue weighted by molar-refractivity contribution is 7.98. The molecule has 2 aromatic carbocycles. The molecule has 1 fully saturated rings. The summed E-state index contributed by atoms with van der Waals surface area (Å²) in [6, 6.07) is 20.2. The topological polar surface area (TPSA) is 54.5 Å². The van der Waals surface area contributed by atoms with E-state index in [1.165, 1.54) is 5.56 Å². The molecule has 0 radical (unpaired) electrons. The van der Waals surface area contributed by atoms with E-state index in [0.717, 1.165) is 61.0 Å². The second-order valence-electron chi connectivity index (χ2n) is 7.39. The van der Waals surface area contributed by atoms with Gasteiger partial charge in [-0.05, 0) is 42.8 Å². The highest BCUT2D eigenvalue weighted by Crippen LogP contribution is 2.23. The van der Waals surface area contributed by atoms with Crippen molar-refractivity contribution < 1.29 is 9.53 Å². The van der Waals surface area contributed by atoms with E-state index in [4.69, 9.17) is 9.72 Å². The van der Waals surface area contributed by atoms with E-state index >= 15 is 0 Å². The molecular weight excluding hydrogens is 394 g/mol. The molecule has 1 N–H and O–H groups in total. The fourth-order valence-corrected chi connectivity index (χ4v) is 4.30. The molecular formula is C24H27N3O2S. The number of nitrogens with one attached hydrogen (secondary N) is 1. The van der Waals surface area contributed by atoms with E-state index in [1.54, 1.807) is 11.8 Å². The molecule has 1 aromatic heterocycles. The lowest BCUT2D eigenvalue weighted by molar-refractivity contribution is 0.0374. The standard InChI is InChI=1S/C24H27N3O2S/c28-24(25-12-3-13-27-14-16-29-17-15-27)21-8-6-19(7-9-21)18-30-23-11-10-20-4-1-2-5-22(20)26-23/h1-2,4-11H,3,12-18H2,(H,25,28). The summed E-state index contributed by atoms with van der Waals surface area (Å²) in [7, 11) is 0. The summed E-state index contributed by atoms with van der Waals surface area (Å²) in [6.45, 7) is 5.30.